The predicted octanol–water partition coefficient (Wildman–Crippen LogP) is 2.30. The van der Waals surface area contributed by atoms with Crippen molar-refractivity contribution in [2.24, 2.45) is 0 Å². The average molecular weight is 181 g/mol. The first-order chi connectivity index (χ1) is 6.27. The maximum Gasteiger partial charge on any atom is 0.132 e. The number of benzene rings is 1. The second-order valence-corrected chi connectivity index (χ2v) is 2.96. The number of halogens is 2. The van der Waals surface area contributed by atoms with Gasteiger partial charge in [-0.25, -0.2) is 8.78 Å². The predicted molar refractivity (Wildman–Crippen MR) is 47.0 cm³/mol. The van der Waals surface area contributed by atoms with Crippen LogP contribution >= 0.6 is 0 Å². The minimum atomic E-state index is -0.411. The molecule has 13 heavy (non-hydrogen) atoms. The van der Waals surface area contributed by atoms with Crippen molar-refractivity contribution in [3.63, 3.8) is 0 Å². The molecule has 2 rings (SSSR count). The van der Waals surface area contributed by atoms with Crippen LogP contribution in [-0.2, 0) is 0 Å². The van der Waals surface area contributed by atoms with E-state index < -0.39 is 5.82 Å². The summed E-state index contributed by atoms with van der Waals surface area (Å²) in [6, 6.07) is 3.47. The molecule has 0 amide bonds. The second-order valence-electron chi connectivity index (χ2n) is 2.96. The van der Waals surface area contributed by atoms with Crippen molar-refractivity contribution in [3.05, 3.63) is 41.5 Å². The Hall–Kier alpha value is -1.38. The van der Waals surface area contributed by atoms with Crippen molar-refractivity contribution in [3.8, 4) is 0 Å². The smallest absolute Gasteiger partial charge is 0.132 e. The molecule has 68 valence electrons. The SMILES string of the molecule is Fc1ccc(F)c(C2=CCCN2)c1. The van der Waals surface area contributed by atoms with Crippen molar-refractivity contribution < 1.29 is 8.78 Å². The van der Waals surface area contributed by atoms with Gasteiger partial charge in [-0.3, -0.25) is 0 Å². The average Bonchev–Trinajstić information content (AvgIpc) is 2.61. The van der Waals surface area contributed by atoms with Crippen LogP contribution in [0.25, 0.3) is 5.70 Å². The molecule has 1 nitrogen and oxygen atoms in total. The Morgan fingerprint density at radius 3 is 2.77 bits per heavy atom. The van der Waals surface area contributed by atoms with E-state index in [1.165, 1.54) is 6.07 Å². The van der Waals surface area contributed by atoms with Gasteiger partial charge in [-0.05, 0) is 24.6 Å². The highest BCUT2D eigenvalue weighted by Gasteiger charge is 2.11. The highest BCUT2D eigenvalue weighted by atomic mass is 19.1. The minimum Gasteiger partial charge on any atom is -0.384 e. The van der Waals surface area contributed by atoms with Gasteiger partial charge >= 0.3 is 0 Å². The molecule has 0 atom stereocenters. The molecule has 1 aromatic carbocycles. The van der Waals surface area contributed by atoms with E-state index in [-0.39, 0.29) is 5.82 Å². The Balaban J connectivity index is 2.43. The lowest BCUT2D eigenvalue weighted by Crippen LogP contribution is -2.07. The van der Waals surface area contributed by atoms with Crippen LogP contribution < -0.4 is 5.32 Å². The van der Waals surface area contributed by atoms with Crippen molar-refractivity contribution in [1.82, 2.24) is 5.32 Å². The zero-order chi connectivity index (χ0) is 9.26. The van der Waals surface area contributed by atoms with Gasteiger partial charge < -0.3 is 5.32 Å². The molecule has 0 unspecified atom stereocenters. The molecule has 0 aliphatic carbocycles. The number of hydrogen-bond donors (Lipinski definition) is 1. The lowest BCUT2D eigenvalue weighted by Gasteiger charge is -2.05. The summed E-state index contributed by atoms with van der Waals surface area (Å²) in [5, 5.41) is 3.00. The first kappa shape index (κ1) is 8.23. The van der Waals surface area contributed by atoms with E-state index in [1.54, 1.807) is 0 Å². The molecule has 0 fully saturated rings. The standard InChI is InChI=1S/C10H9F2N/c11-7-3-4-9(12)8(6-7)10-2-1-5-13-10/h2-4,6,13H,1,5H2. The summed E-state index contributed by atoms with van der Waals surface area (Å²) in [7, 11) is 0. The summed E-state index contributed by atoms with van der Waals surface area (Å²) in [6.07, 6.45) is 2.74. The number of hydrogen-bond acceptors (Lipinski definition) is 1. The molecule has 1 heterocycles. The van der Waals surface area contributed by atoms with Gasteiger partial charge in [0.25, 0.3) is 0 Å². The lowest BCUT2D eigenvalue weighted by atomic mass is 10.1. The molecule has 1 aliphatic rings. The van der Waals surface area contributed by atoms with Crippen LogP contribution in [0, 0.1) is 11.6 Å². The summed E-state index contributed by atoms with van der Waals surface area (Å²) in [5.74, 6) is -0.798. The maximum absolute atomic E-state index is 13.2. The summed E-state index contributed by atoms with van der Waals surface area (Å²) in [4.78, 5) is 0. The first-order valence-electron chi connectivity index (χ1n) is 4.17. The van der Waals surface area contributed by atoms with Crippen LogP contribution in [0.1, 0.15) is 12.0 Å². The van der Waals surface area contributed by atoms with Crippen LogP contribution in [-0.4, -0.2) is 6.54 Å². The molecule has 3 heteroatoms. The third-order valence-electron chi connectivity index (χ3n) is 2.03. The largest absolute Gasteiger partial charge is 0.384 e. The molecular formula is C10H9F2N. The molecule has 1 aliphatic heterocycles. The molecule has 0 bridgehead atoms. The normalized spacial score (nSPS) is 15.4. The van der Waals surface area contributed by atoms with E-state index in [4.69, 9.17) is 0 Å². The van der Waals surface area contributed by atoms with Gasteiger partial charge in [0.1, 0.15) is 11.6 Å². The summed E-state index contributed by atoms with van der Waals surface area (Å²) in [5.41, 5.74) is 1.01. The third-order valence-corrected chi connectivity index (χ3v) is 2.03. The molecular weight excluding hydrogens is 172 g/mol. The summed E-state index contributed by atoms with van der Waals surface area (Å²) < 4.78 is 26.0. The van der Waals surface area contributed by atoms with Crippen molar-refractivity contribution in [2.75, 3.05) is 6.54 Å². The molecule has 0 radical (unpaired) electrons. The zero-order valence-electron chi connectivity index (χ0n) is 6.98. The van der Waals surface area contributed by atoms with E-state index in [0.717, 1.165) is 25.1 Å². The second kappa shape index (κ2) is 3.17. The molecule has 1 aromatic rings. The Kier molecular flexibility index (Phi) is 2.00. The van der Waals surface area contributed by atoms with Gasteiger partial charge in [0.2, 0.25) is 0 Å². The Morgan fingerprint density at radius 1 is 1.23 bits per heavy atom. The van der Waals surface area contributed by atoms with Gasteiger partial charge in [0, 0.05) is 17.8 Å². The molecule has 0 aromatic heterocycles. The first-order valence-corrected chi connectivity index (χ1v) is 4.17. The Bertz CT molecular complexity index is 358. The zero-order valence-corrected chi connectivity index (χ0v) is 6.98. The Labute approximate surface area is 75.1 Å². The molecule has 0 saturated heterocycles. The van der Waals surface area contributed by atoms with Gasteiger partial charge in [-0.1, -0.05) is 6.08 Å². The highest BCUT2D eigenvalue weighted by Crippen LogP contribution is 2.20. The minimum absolute atomic E-state index is 0.317. The van der Waals surface area contributed by atoms with Crippen LogP contribution in [0.15, 0.2) is 24.3 Å². The van der Waals surface area contributed by atoms with E-state index in [1.807, 2.05) is 6.08 Å². The monoisotopic (exact) mass is 181 g/mol. The fraction of sp³-hybridized carbons (Fsp3) is 0.200. The van der Waals surface area contributed by atoms with E-state index >= 15 is 0 Å². The number of nitrogens with one attached hydrogen (secondary N) is 1. The van der Waals surface area contributed by atoms with Crippen LogP contribution in [0.5, 0.6) is 0 Å². The van der Waals surface area contributed by atoms with Gasteiger partial charge in [0.15, 0.2) is 0 Å². The molecule has 1 N–H and O–H groups in total. The van der Waals surface area contributed by atoms with Crippen LogP contribution in [0.3, 0.4) is 0 Å². The summed E-state index contributed by atoms with van der Waals surface area (Å²) >= 11 is 0. The third kappa shape index (κ3) is 1.54. The highest BCUT2D eigenvalue weighted by molar-refractivity contribution is 5.65. The van der Waals surface area contributed by atoms with E-state index in [2.05, 4.69) is 5.32 Å². The number of rotatable bonds is 1. The van der Waals surface area contributed by atoms with Crippen molar-refractivity contribution >= 4 is 5.70 Å². The fourth-order valence-electron chi connectivity index (χ4n) is 1.40. The lowest BCUT2D eigenvalue weighted by molar-refractivity contribution is 0.596. The van der Waals surface area contributed by atoms with Crippen molar-refractivity contribution in [1.29, 1.82) is 0 Å². The van der Waals surface area contributed by atoms with Crippen LogP contribution in [0.2, 0.25) is 0 Å². The van der Waals surface area contributed by atoms with E-state index in [9.17, 15) is 8.78 Å². The topological polar surface area (TPSA) is 12.0 Å². The molecule has 0 saturated carbocycles. The van der Waals surface area contributed by atoms with Crippen LogP contribution in [0.4, 0.5) is 8.78 Å². The summed E-state index contributed by atoms with van der Waals surface area (Å²) in [6.45, 7) is 0.797. The maximum atomic E-state index is 13.2. The van der Waals surface area contributed by atoms with Gasteiger partial charge in [-0.15, -0.1) is 0 Å². The quantitative estimate of drug-likeness (QED) is 0.701. The van der Waals surface area contributed by atoms with Gasteiger partial charge in [-0.2, -0.15) is 0 Å². The molecule has 0 spiro atoms. The van der Waals surface area contributed by atoms with Gasteiger partial charge in [0.05, 0.1) is 0 Å². The fourth-order valence-corrected chi connectivity index (χ4v) is 1.40. The Morgan fingerprint density at radius 2 is 2.08 bits per heavy atom. The van der Waals surface area contributed by atoms with E-state index in [0.29, 0.717) is 11.3 Å². The van der Waals surface area contributed by atoms with Crippen molar-refractivity contribution in [2.45, 2.75) is 6.42 Å².